The van der Waals surface area contributed by atoms with Crippen LogP contribution >= 0.6 is 0 Å². The SMILES string of the molecule is CC1CCCC(C)N1NC1CCC1. The average molecular weight is 182 g/mol. The van der Waals surface area contributed by atoms with Crippen LogP contribution in [0.25, 0.3) is 0 Å². The average Bonchev–Trinajstić information content (AvgIpc) is 2.00. The quantitative estimate of drug-likeness (QED) is 0.705. The van der Waals surface area contributed by atoms with Gasteiger partial charge in [-0.15, -0.1) is 0 Å². The van der Waals surface area contributed by atoms with E-state index in [9.17, 15) is 0 Å². The van der Waals surface area contributed by atoms with Crippen LogP contribution in [0, 0.1) is 0 Å². The maximum atomic E-state index is 3.69. The molecule has 2 rings (SSSR count). The highest BCUT2D eigenvalue weighted by Gasteiger charge is 2.28. The van der Waals surface area contributed by atoms with Crippen molar-refractivity contribution in [2.45, 2.75) is 70.5 Å². The minimum absolute atomic E-state index is 0.740. The second-order valence-corrected chi connectivity index (χ2v) is 4.79. The number of piperidine rings is 1. The van der Waals surface area contributed by atoms with E-state index in [1.165, 1.54) is 38.5 Å². The maximum absolute atomic E-state index is 3.69. The lowest BCUT2D eigenvalue weighted by atomic mass is 9.93. The Morgan fingerprint density at radius 3 is 1.92 bits per heavy atom. The lowest BCUT2D eigenvalue weighted by molar-refractivity contribution is 0.0151. The molecule has 2 unspecified atom stereocenters. The smallest absolute Gasteiger partial charge is 0.0218 e. The van der Waals surface area contributed by atoms with Crippen molar-refractivity contribution < 1.29 is 0 Å². The summed E-state index contributed by atoms with van der Waals surface area (Å²) in [6.07, 6.45) is 8.33. The highest BCUT2D eigenvalue weighted by molar-refractivity contribution is 4.82. The predicted molar refractivity (Wildman–Crippen MR) is 55.4 cm³/mol. The fraction of sp³-hybridized carbons (Fsp3) is 1.00. The third-order valence-corrected chi connectivity index (χ3v) is 3.63. The molecule has 1 saturated heterocycles. The molecule has 0 aromatic carbocycles. The maximum Gasteiger partial charge on any atom is 0.0218 e. The zero-order valence-electron chi connectivity index (χ0n) is 8.92. The van der Waals surface area contributed by atoms with E-state index in [0.717, 1.165) is 18.1 Å². The van der Waals surface area contributed by atoms with Gasteiger partial charge in [-0.1, -0.05) is 12.8 Å². The molecule has 2 fully saturated rings. The molecule has 13 heavy (non-hydrogen) atoms. The summed E-state index contributed by atoms with van der Waals surface area (Å²) in [6.45, 7) is 4.70. The summed E-state index contributed by atoms with van der Waals surface area (Å²) in [4.78, 5) is 0. The van der Waals surface area contributed by atoms with E-state index in [1.54, 1.807) is 0 Å². The first kappa shape index (κ1) is 9.47. The van der Waals surface area contributed by atoms with Gasteiger partial charge in [0.25, 0.3) is 0 Å². The molecule has 0 amide bonds. The zero-order chi connectivity index (χ0) is 9.26. The van der Waals surface area contributed by atoms with Crippen molar-refractivity contribution in [2.24, 2.45) is 0 Å². The highest BCUT2D eigenvalue weighted by Crippen LogP contribution is 2.24. The van der Waals surface area contributed by atoms with Crippen LogP contribution in [0.4, 0.5) is 0 Å². The van der Waals surface area contributed by atoms with E-state index in [1.807, 2.05) is 0 Å². The van der Waals surface area contributed by atoms with Gasteiger partial charge in [-0.05, 0) is 39.5 Å². The van der Waals surface area contributed by atoms with Crippen LogP contribution in [-0.2, 0) is 0 Å². The monoisotopic (exact) mass is 182 g/mol. The first-order chi connectivity index (χ1) is 6.27. The molecular formula is C11H22N2. The molecule has 0 spiro atoms. The van der Waals surface area contributed by atoms with Crippen LogP contribution in [0.2, 0.25) is 0 Å². The summed E-state index contributed by atoms with van der Waals surface area (Å²) >= 11 is 0. The second-order valence-electron chi connectivity index (χ2n) is 4.79. The van der Waals surface area contributed by atoms with Gasteiger partial charge in [0.05, 0.1) is 0 Å². The van der Waals surface area contributed by atoms with Gasteiger partial charge in [-0.3, -0.25) is 5.43 Å². The molecule has 2 heteroatoms. The molecule has 1 aliphatic heterocycles. The van der Waals surface area contributed by atoms with Crippen LogP contribution in [0.3, 0.4) is 0 Å². The van der Waals surface area contributed by atoms with Gasteiger partial charge >= 0.3 is 0 Å². The van der Waals surface area contributed by atoms with Gasteiger partial charge in [0.2, 0.25) is 0 Å². The largest absolute Gasteiger partial charge is 0.252 e. The van der Waals surface area contributed by atoms with Crippen molar-refractivity contribution in [3.63, 3.8) is 0 Å². The summed E-state index contributed by atoms with van der Waals surface area (Å²) in [6, 6.07) is 2.27. The molecule has 2 aliphatic rings. The summed E-state index contributed by atoms with van der Waals surface area (Å²) in [5.74, 6) is 0. The van der Waals surface area contributed by atoms with E-state index in [0.29, 0.717) is 0 Å². The Bertz CT molecular complexity index is 155. The molecule has 0 bridgehead atoms. The van der Waals surface area contributed by atoms with Crippen LogP contribution in [0.15, 0.2) is 0 Å². The molecular weight excluding hydrogens is 160 g/mol. The highest BCUT2D eigenvalue weighted by atomic mass is 15.5. The molecule has 76 valence electrons. The van der Waals surface area contributed by atoms with Crippen LogP contribution in [-0.4, -0.2) is 23.1 Å². The molecule has 1 aliphatic carbocycles. The number of nitrogens with zero attached hydrogens (tertiary/aromatic N) is 1. The summed E-state index contributed by atoms with van der Waals surface area (Å²) in [7, 11) is 0. The molecule has 2 nitrogen and oxygen atoms in total. The molecule has 1 heterocycles. The Hall–Kier alpha value is -0.0800. The van der Waals surface area contributed by atoms with Crippen LogP contribution in [0.1, 0.15) is 52.4 Å². The Balaban J connectivity index is 1.85. The number of rotatable bonds is 2. The number of nitrogens with one attached hydrogen (secondary N) is 1. The molecule has 0 aromatic heterocycles. The van der Waals surface area contributed by atoms with Gasteiger partial charge < -0.3 is 0 Å². The van der Waals surface area contributed by atoms with Crippen molar-refractivity contribution in [1.82, 2.24) is 10.4 Å². The molecule has 1 saturated carbocycles. The third kappa shape index (κ3) is 2.05. The predicted octanol–water partition coefficient (Wildman–Crippen LogP) is 2.31. The van der Waals surface area contributed by atoms with Crippen molar-refractivity contribution >= 4 is 0 Å². The summed E-state index contributed by atoms with van der Waals surface area (Å²) in [5.41, 5.74) is 3.69. The molecule has 1 N–H and O–H groups in total. The van der Waals surface area contributed by atoms with Gasteiger partial charge in [0.15, 0.2) is 0 Å². The fourth-order valence-electron chi connectivity index (χ4n) is 2.42. The van der Waals surface area contributed by atoms with Gasteiger partial charge in [0.1, 0.15) is 0 Å². The van der Waals surface area contributed by atoms with E-state index in [4.69, 9.17) is 0 Å². The van der Waals surface area contributed by atoms with Crippen molar-refractivity contribution in [3.8, 4) is 0 Å². The number of hydrogen-bond acceptors (Lipinski definition) is 2. The minimum atomic E-state index is 0.740. The first-order valence-electron chi connectivity index (χ1n) is 5.82. The van der Waals surface area contributed by atoms with E-state index >= 15 is 0 Å². The van der Waals surface area contributed by atoms with Gasteiger partial charge in [0, 0.05) is 18.1 Å². The Labute approximate surface area is 81.7 Å². The lowest BCUT2D eigenvalue weighted by Crippen LogP contribution is -2.56. The van der Waals surface area contributed by atoms with Crippen molar-refractivity contribution in [2.75, 3.05) is 0 Å². The molecule has 0 radical (unpaired) electrons. The second kappa shape index (κ2) is 3.97. The normalized spacial score (nSPS) is 37.4. The van der Waals surface area contributed by atoms with Crippen molar-refractivity contribution in [1.29, 1.82) is 0 Å². The van der Waals surface area contributed by atoms with Crippen molar-refractivity contribution in [3.05, 3.63) is 0 Å². The molecule has 0 aromatic rings. The summed E-state index contributed by atoms with van der Waals surface area (Å²) < 4.78 is 0. The lowest BCUT2D eigenvalue weighted by Gasteiger charge is -2.43. The first-order valence-corrected chi connectivity index (χ1v) is 5.82. The Kier molecular flexibility index (Phi) is 2.89. The third-order valence-electron chi connectivity index (χ3n) is 3.63. The van der Waals surface area contributed by atoms with E-state index in [2.05, 4.69) is 24.3 Å². The fourth-order valence-corrected chi connectivity index (χ4v) is 2.42. The number of hydrogen-bond donors (Lipinski definition) is 1. The van der Waals surface area contributed by atoms with E-state index < -0.39 is 0 Å². The zero-order valence-corrected chi connectivity index (χ0v) is 8.92. The Morgan fingerprint density at radius 1 is 0.923 bits per heavy atom. The minimum Gasteiger partial charge on any atom is -0.252 e. The van der Waals surface area contributed by atoms with Crippen LogP contribution in [0.5, 0.6) is 0 Å². The standard InChI is InChI=1S/C11H22N2/c1-9-5-3-6-10(2)13(9)12-11-7-4-8-11/h9-12H,3-8H2,1-2H3. The van der Waals surface area contributed by atoms with Crippen LogP contribution < -0.4 is 5.43 Å². The van der Waals surface area contributed by atoms with E-state index in [-0.39, 0.29) is 0 Å². The molecule has 2 atom stereocenters. The van der Waals surface area contributed by atoms with Gasteiger partial charge in [-0.25, -0.2) is 5.01 Å². The number of hydrazine groups is 1. The Morgan fingerprint density at radius 2 is 1.46 bits per heavy atom. The summed E-state index contributed by atoms with van der Waals surface area (Å²) in [5, 5.41) is 2.51. The topological polar surface area (TPSA) is 15.3 Å². The van der Waals surface area contributed by atoms with Gasteiger partial charge in [-0.2, -0.15) is 0 Å².